The summed E-state index contributed by atoms with van der Waals surface area (Å²) in [7, 11) is 0. The van der Waals surface area contributed by atoms with Gasteiger partial charge in [-0.1, -0.05) is 24.3 Å². The molecule has 17 heavy (non-hydrogen) atoms. The third kappa shape index (κ3) is 1.96. The number of benzene rings is 1. The third-order valence-electron chi connectivity index (χ3n) is 3.34. The average molecular weight is 225 g/mol. The molecule has 1 aromatic heterocycles. The highest BCUT2D eigenvalue weighted by Gasteiger charge is 2.14. The van der Waals surface area contributed by atoms with Crippen LogP contribution in [-0.4, -0.2) is 16.7 Å². The van der Waals surface area contributed by atoms with E-state index in [1.54, 1.807) is 0 Å². The van der Waals surface area contributed by atoms with Crippen molar-refractivity contribution in [3.8, 4) is 0 Å². The summed E-state index contributed by atoms with van der Waals surface area (Å²) in [5, 5.41) is 10.2. The van der Waals surface area contributed by atoms with E-state index in [-0.39, 0.29) is 6.61 Å². The van der Waals surface area contributed by atoms with Crippen LogP contribution in [0.4, 0.5) is 0 Å². The molecule has 2 heteroatoms. The van der Waals surface area contributed by atoms with Gasteiger partial charge in [0.2, 0.25) is 0 Å². The number of rotatable bonds is 2. The first-order chi connectivity index (χ1) is 8.36. The third-order valence-corrected chi connectivity index (χ3v) is 3.34. The molecule has 86 valence electrons. The maximum atomic E-state index is 8.99. The van der Waals surface area contributed by atoms with E-state index in [1.807, 2.05) is 18.2 Å². The first kappa shape index (κ1) is 10.5. The lowest BCUT2D eigenvalue weighted by atomic mass is 9.89. The first-order valence-corrected chi connectivity index (χ1v) is 6.04. The van der Waals surface area contributed by atoms with Crippen LogP contribution >= 0.6 is 0 Å². The number of allylic oxidation sites excluding steroid dienone is 1. The Morgan fingerprint density at radius 2 is 2.18 bits per heavy atom. The van der Waals surface area contributed by atoms with Gasteiger partial charge >= 0.3 is 0 Å². The molecule has 0 saturated carbocycles. The topological polar surface area (TPSA) is 33.1 Å². The van der Waals surface area contributed by atoms with Gasteiger partial charge in [-0.05, 0) is 42.5 Å². The van der Waals surface area contributed by atoms with Gasteiger partial charge in [0, 0.05) is 12.0 Å². The Balaban J connectivity index is 2.04. The Morgan fingerprint density at radius 3 is 3.06 bits per heavy atom. The molecule has 3 rings (SSSR count). The molecule has 2 aromatic rings. The van der Waals surface area contributed by atoms with Crippen molar-refractivity contribution in [2.45, 2.75) is 12.8 Å². The molecule has 1 atom stereocenters. The zero-order valence-corrected chi connectivity index (χ0v) is 9.63. The molecule has 1 aliphatic rings. The fourth-order valence-electron chi connectivity index (χ4n) is 2.42. The molecule has 1 aromatic carbocycles. The van der Waals surface area contributed by atoms with Crippen LogP contribution in [0.2, 0.25) is 0 Å². The lowest BCUT2D eigenvalue weighted by Gasteiger charge is -2.18. The van der Waals surface area contributed by atoms with Crippen LogP contribution in [0.1, 0.15) is 17.7 Å². The van der Waals surface area contributed by atoms with Crippen LogP contribution < -0.4 is 0 Å². The molecule has 0 spiro atoms. The van der Waals surface area contributed by atoms with Gasteiger partial charge in [0.25, 0.3) is 0 Å². The fraction of sp³-hybridized carbons (Fsp3) is 0.267. The molecule has 2 nitrogen and oxygen atoms in total. The summed E-state index contributed by atoms with van der Waals surface area (Å²) in [6.45, 7) is 0.255. The van der Waals surface area contributed by atoms with E-state index in [0.717, 1.165) is 24.1 Å². The lowest BCUT2D eigenvalue weighted by molar-refractivity contribution is 0.269. The Hall–Kier alpha value is -1.67. The quantitative estimate of drug-likeness (QED) is 0.852. The largest absolute Gasteiger partial charge is 0.396 e. The number of aliphatic hydroxyl groups is 1. The van der Waals surface area contributed by atoms with Crippen LogP contribution in [0.3, 0.4) is 0 Å². The van der Waals surface area contributed by atoms with Crippen molar-refractivity contribution in [2.75, 3.05) is 6.61 Å². The van der Waals surface area contributed by atoms with Gasteiger partial charge in [-0.15, -0.1) is 0 Å². The Morgan fingerprint density at radius 1 is 1.29 bits per heavy atom. The predicted octanol–water partition coefficient (Wildman–Crippen LogP) is 2.80. The minimum atomic E-state index is 0.255. The molecule has 1 N–H and O–H groups in total. The molecule has 0 saturated heterocycles. The van der Waals surface area contributed by atoms with Crippen molar-refractivity contribution in [2.24, 2.45) is 5.92 Å². The summed E-state index contributed by atoms with van der Waals surface area (Å²) in [6.07, 6.45) is 6.08. The number of para-hydroxylation sites is 1. The van der Waals surface area contributed by atoms with Gasteiger partial charge in [0.05, 0.1) is 11.2 Å². The number of fused-ring (bicyclic) bond motifs is 2. The molecule has 1 unspecified atom stereocenters. The zero-order chi connectivity index (χ0) is 11.7. The Bertz CT molecular complexity index is 574. The second kappa shape index (κ2) is 4.30. The van der Waals surface area contributed by atoms with E-state index in [4.69, 9.17) is 5.11 Å². The smallest absolute Gasteiger partial charge is 0.0709 e. The molecule has 0 aliphatic heterocycles. The molecule has 1 heterocycles. The molecule has 0 fully saturated rings. The van der Waals surface area contributed by atoms with Gasteiger partial charge in [-0.2, -0.15) is 0 Å². The van der Waals surface area contributed by atoms with Crippen LogP contribution in [-0.2, 0) is 6.42 Å². The van der Waals surface area contributed by atoms with Crippen LogP contribution in [0.5, 0.6) is 0 Å². The molecular weight excluding hydrogens is 210 g/mol. The number of hydrogen-bond donors (Lipinski definition) is 1. The van der Waals surface area contributed by atoms with Crippen molar-refractivity contribution < 1.29 is 5.11 Å². The molecular formula is C15H15NO. The summed E-state index contributed by atoms with van der Waals surface area (Å²) in [4.78, 5) is 4.66. The van der Waals surface area contributed by atoms with Crippen LogP contribution in [0.25, 0.3) is 17.0 Å². The number of pyridine rings is 1. The van der Waals surface area contributed by atoms with E-state index in [2.05, 4.69) is 29.3 Å². The van der Waals surface area contributed by atoms with Crippen molar-refractivity contribution in [3.05, 3.63) is 47.7 Å². The van der Waals surface area contributed by atoms with E-state index in [0.29, 0.717) is 5.92 Å². The number of nitrogens with zero attached hydrogens (tertiary/aromatic N) is 1. The van der Waals surface area contributed by atoms with Gasteiger partial charge < -0.3 is 5.11 Å². The zero-order valence-electron chi connectivity index (χ0n) is 9.63. The van der Waals surface area contributed by atoms with E-state index < -0.39 is 0 Å². The highest BCUT2D eigenvalue weighted by atomic mass is 16.3. The predicted molar refractivity (Wildman–Crippen MR) is 69.7 cm³/mol. The second-order valence-corrected chi connectivity index (χ2v) is 4.56. The minimum Gasteiger partial charge on any atom is -0.396 e. The number of aromatic nitrogens is 1. The maximum absolute atomic E-state index is 8.99. The van der Waals surface area contributed by atoms with Crippen molar-refractivity contribution in [1.82, 2.24) is 4.98 Å². The number of aliphatic hydroxyl groups excluding tert-OH is 1. The average Bonchev–Trinajstić information content (AvgIpc) is 2.36. The van der Waals surface area contributed by atoms with Gasteiger partial charge in [0.15, 0.2) is 0 Å². The van der Waals surface area contributed by atoms with E-state index in [1.165, 1.54) is 10.9 Å². The molecule has 1 aliphatic carbocycles. The summed E-state index contributed by atoms with van der Waals surface area (Å²) in [6, 6.07) is 10.4. The van der Waals surface area contributed by atoms with Gasteiger partial charge in [-0.3, -0.25) is 0 Å². The number of hydrogen-bond acceptors (Lipinski definition) is 2. The van der Waals surface area contributed by atoms with Gasteiger partial charge in [-0.25, -0.2) is 4.98 Å². The highest BCUT2D eigenvalue weighted by Crippen LogP contribution is 2.26. The van der Waals surface area contributed by atoms with E-state index in [9.17, 15) is 0 Å². The van der Waals surface area contributed by atoms with Crippen molar-refractivity contribution in [1.29, 1.82) is 0 Å². The Kier molecular flexibility index (Phi) is 2.65. The highest BCUT2D eigenvalue weighted by molar-refractivity contribution is 5.81. The minimum absolute atomic E-state index is 0.255. The molecule has 0 bridgehead atoms. The van der Waals surface area contributed by atoms with E-state index >= 15 is 0 Å². The second-order valence-electron chi connectivity index (χ2n) is 4.56. The van der Waals surface area contributed by atoms with Gasteiger partial charge in [0.1, 0.15) is 0 Å². The maximum Gasteiger partial charge on any atom is 0.0709 e. The molecule has 0 radical (unpaired) electrons. The van der Waals surface area contributed by atoms with Crippen molar-refractivity contribution >= 4 is 17.0 Å². The summed E-state index contributed by atoms with van der Waals surface area (Å²) in [5.41, 5.74) is 3.43. The lowest BCUT2D eigenvalue weighted by Crippen LogP contribution is -2.09. The van der Waals surface area contributed by atoms with Crippen LogP contribution in [0.15, 0.2) is 36.4 Å². The first-order valence-electron chi connectivity index (χ1n) is 6.04. The SMILES string of the molecule is OCCC1C=Cc2nc3ccccc3cc2C1. The standard InChI is InChI=1S/C15H15NO/c17-8-7-11-5-6-15-13(9-11)10-12-3-1-2-4-14(12)16-15/h1-6,10-11,17H,7-9H2. The summed E-state index contributed by atoms with van der Waals surface area (Å²) in [5.74, 6) is 0.454. The monoisotopic (exact) mass is 225 g/mol. The van der Waals surface area contributed by atoms with Crippen molar-refractivity contribution in [3.63, 3.8) is 0 Å². The molecule has 0 amide bonds. The fourth-order valence-corrected chi connectivity index (χ4v) is 2.42. The summed E-state index contributed by atoms with van der Waals surface area (Å²) >= 11 is 0. The summed E-state index contributed by atoms with van der Waals surface area (Å²) < 4.78 is 0. The normalized spacial score (nSPS) is 18.3. The Labute approximate surface area is 101 Å². The van der Waals surface area contributed by atoms with Crippen LogP contribution in [0, 0.1) is 5.92 Å².